The highest BCUT2D eigenvalue weighted by Crippen LogP contribution is 2.59. The molecule has 3 rings (SSSR count). The third-order valence-electron chi connectivity index (χ3n) is 5.31. The van der Waals surface area contributed by atoms with E-state index in [-0.39, 0.29) is 0 Å². The molecule has 0 fully saturated rings. The van der Waals surface area contributed by atoms with Crippen molar-refractivity contribution in [3.05, 3.63) is 88.9 Å². The van der Waals surface area contributed by atoms with Crippen LogP contribution in [0.2, 0.25) is 0 Å². The molecule has 3 aromatic rings. The first-order valence-corrected chi connectivity index (χ1v) is 13.4. The summed E-state index contributed by atoms with van der Waals surface area (Å²) in [6.45, 7) is 4.73. The minimum Gasteiger partial charge on any atom is -0.378 e. The van der Waals surface area contributed by atoms with Gasteiger partial charge in [0.05, 0.1) is 6.61 Å². The Morgan fingerprint density at radius 3 is 2.12 bits per heavy atom. The fraction of sp³-hybridized carbons (Fsp3) is 0.308. The van der Waals surface area contributed by atoms with Crippen LogP contribution in [0.25, 0.3) is 0 Å². The summed E-state index contributed by atoms with van der Waals surface area (Å²) in [6.07, 6.45) is 0.845. The van der Waals surface area contributed by atoms with Gasteiger partial charge in [0.15, 0.2) is 0 Å². The summed E-state index contributed by atoms with van der Waals surface area (Å²) in [5, 5.41) is 4.23. The van der Waals surface area contributed by atoms with E-state index in [4.69, 9.17) is 4.52 Å². The largest absolute Gasteiger partial charge is 0.378 e. The molecule has 2 atom stereocenters. The van der Waals surface area contributed by atoms with Gasteiger partial charge < -0.3 is 14.7 Å². The van der Waals surface area contributed by atoms with Crippen molar-refractivity contribution in [2.45, 2.75) is 26.1 Å². The van der Waals surface area contributed by atoms with Crippen LogP contribution in [-0.4, -0.2) is 20.7 Å². The van der Waals surface area contributed by atoms with E-state index in [0.29, 0.717) is 17.8 Å². The molecule has 0 saturated heterocycles. The Bertz CT molecular complexity index is 1020. The fourth-order valence-corrected chi connectivity index (χ4v) is 6.07. The quantitative estimate of drug-likeness (QED) is 0.288. The van der Waals surface area contributed by atoms with Crippen molar-refractivity contribution in [2.75, 3.05) is 30.9 Å². The maximum absolute atomic E-state index is 14.8. The Morgan fingerprint density at radius 1 is 0.938 bits per heavy atom. The van der Waals surface area contributed by atoms with Crippen LogP contribution in [0.3, 0.4) is 0 Å². The third-order valence-corrected chi connectivity index (χ3v) is 8.53. The van der Waals surface area contributed by atoms with E-state index in [2.05, 4.69) is 35.1 Å². The van der Waals surface area contributed by atoms with Crippen LogP contribution >= 0.6 is 23.3 Å². The molecule has 0 aromatic heterocycles. The summed E-state index contributed by atoms with van der Waals surface area (Å²) in [7, 11) is 0.655. The molecule has 0 unspecified atom stereocenters. The summed E-state index contributed by atoms with van der Waals surface area (Å²) >= 11 is 3.51. The second-order valence-corrected chi connectivity index (χ2v) is 11.9. The van der Waals surface area contributed by atoms with Gasteiger partial charge in [-0.1, -0.05) is 60.1 Å². The van der Waals surface area contributed by atoms with Crippen molar-refractivity contribution in [3.63, 3.8) is 0 Å². The van der Waals surface area contributed by atoms with Gasteiger partial charge in [0.2, 0.25) is 0 Å². The molecule has 0 radical (unpaired) electrons. The summed E-state index contributed by atoms with van der Waals surface area (Å²) in [5.41, 5.74) is 2.87. The van der Waals surface area contributed by atoms with E-state index in [1.54, 1.807) is 0 Å². The molecule has 0 amide bonds. The molecule has 0 spiro atoms. The molecule has 0 aliphatic carbocycles. The first-order chi connectivity index (χ1) is 15.3. The van der Waals surface area contributed by atoms with Crippen molar-refractivity contribution in [1.29, 1.82) is 0 Å². The molecule has 0 bridgehead atoms. The minimum atomic E-state index is -3.34. The van der Waals surface area contributed by atoms with Gasteiger partial charge in [-0.3, -0.25) is 4.57 Å². The molecule has 1 N–H and O–H groups in total. The van der Waals surface area contributed by atoms with Gasteiger partial charge >= 0.3 is 0 Å². The highest BCUT2D eigenvalue weighted by molar-refractivity contribution is 9.10. The number of halogens is 1. The normalized spacial score (nSPS) is 14.1. The van der Waals surface area contributed by atoms with Crippen LogP contribution in [0.4, 0.5) is 11.4 Å². The Kier molecular flexibility index (Phi) is 8.58. The number of rotatable bonds is 10. The molecular weight excluding hydrogens is 483 g/mol. The second-order valence-electron chi connectivity index (χ2n) is 8.49. The molecular formula is C26H32BrN2O2P. The lowest BCUT2D eigenvalue weighted by Gasteiger charge is -2.30. The van der Waals surface area contributed by atoms with Crippen LogP contribution in [0.1, 0.15) is 31.6 Å². The van der Waals surface area contributed by atoms with Gasteiger partial charge in [-0.2, -0.15) is 0 Å². The van der Waals surface area contributed by atoms with Gasteiger partial charge in [-0.05, 0) is 66.4 Å². The highest BCUT2D eigenvalue weighted by atomic mass is 79.9. The molecule has 0 aliphatic heterocycles. The summed E-state index contributed by atoms with van der Waals surface area (Å²) in [4.78, 5) is 2.03. The monoisotopic (exact) mass is 514 g/mol. The molecule has 3 aromatic carbocycles. The number of benzene rings is 3. The van der Waals surface area contributed by atoms with Crippen molar-refractivity contribution in [2.24, 2.45) is 5.92 Å². The van der Waals surface area contributed by atoms with Crippen LogP contribution in [0.5, 0.6) is 0 Å². The Morgan fingerprint density at radius 2 is 1.56 bits per heavy atom. The molecule has 0 saturated carbocycles. The highest BCUT2D eigenvalue weighted by Gasteiger charge is 2.38. The van der Waals surface area contributed by atoms with Gasteiger partial charge in [-0.25, -0.2) is 0 Å². The standard InChI is InChI=1S/C26H32BrN2O2P/c1-20(2)18-19-31-32(30,25-16-14-24(15-17-25)29(3)4)26(21-10-12-22(27)13-11-21)28-23-8-6-5-7-9-23/h5-17,20,26,28H,18-19H2,1-4H3/t26-,32+/m0/s1. The van der Waals surface area contributed by atoms with Gasteiger partial charge in [0, 0.05) is 35.2 Å². The first kappa shape index (κ1) is 24.6. The third kappa shape index (κ3) is 6.25. The number of nitrogens with zero attached hydrogens (tertiary/aromatic N) is 1. The predicted octanol–water partition coefficient (Wildman–Crippen LogP) is 7.29. The average molecular weight is 515 g/mol. The minimum absolute atomic E-state index is 0.438. The summed E-state index contributed by atoms with van der Waals surface area (Å²) < 4.78 is 22.0. The number of hydrogen-bond donors (Lipinski definition) is 1. The van der Waals surface area contributed by atoms with Crippen molar-refractivity contribution in [3.8, 4) is 0 Å². The number of hydrogen-bond acceptors (Lipinski definition) is 4. The van der Waals surface area contributed by atoms with E-state index in [9.17, 15) is 4.57 Å². The zero-order chi connectivity index (χ0) is 23.1. The van der Waals surface area contributed by atoms with Crippen LogP contribution in [0, 0.1) is 5.92 Å². The Balaban J connectivity index is 2.08. The second kappa shape index (κ2) is 11.2. The Labute approximate surface area is 200 Å². The summed E-state index contributed by atoms with van der Waals surface area (Å²) in [6, 6.07) is 25.7. The van der Waals surface area contributed by atoms with Gasteiger partial charge in [0.1, 0.15) is 5.78 Å². The topological polar surface area (TPSA) is 41.6 Å². The van der Waals surface area contributed by atoms with Gasteiger partial charge in [-0.15, -0.1) is 0 Å². The van der Waals surface area contributed by atoms with E-state index in [1.807, 2.05) is 97.9 Å². The lowest BCUT2D eigenvalue weighted by Crippen LogP contribution is -2.21. The lowest BCUT2D eigenvalue weighted by atomic mass is 10.2. The van der Waals surface area contributed by atoms with E-state index in [1.165, 1.54) is 0 Å². The van der Waals surface area contributed by atoms with Crippen molar-refractivity contribution >= 4 is 40.0 Å². The molecule has 4 nitrogen and oxygen atoms in total. The van der Waals surface area contributed by atoms with Gasteiger partial charge in [0.25, 0.3) is 7.37 Å². The Hall–Kier alpha value is -2.07. The van der Waals surface area contributed by atoms with Crippen LogP contribution in [-0.2, 0) is 9.09 Å². The molecule has 32 heavy (non-hydrogen) atoms. The lowest BCUT2D eigenvalue weighted by molar-refractivity contribution is 0.290. The zero-order valence-electron chi connectivity index (χ0n) is 19.2. The van der Waals surface area contributed by atoms with Crippen LogP contribution < -0.4 is 15.5 Å². The number of anilines is 2. The zero-order valence-corrected chi connectivity index (χ0v) is 21.6. The fourth-order valence-electron chi connectivity index (χ4n) is 3.38. The molecule has 0 heterocycles. The van der Waals surface area contributed by atoms with E-state index >= 15 is 0 Å². The maximum Gasteiger partial charge on any atom is 0.258 e. The smallest absolute Gasteiger partial charge is 0.258 e. The van der Waals surface area contributed by atoms with Crippen LogP contribution in [0.15, 0.2) is 83.3 Å². The van der Waals surface area contributed by atoms with Crippen molar-refractivity contribution in [1.82, 2.24) is 0 Å². The van der Waals surface area contributed by atoms with E-state index < -0.39 is 13.2 Å². The number of nitrogens with one attached hydrogen (secondary N) is 1. The maximum atomic E-state index is 14.8. The molecule has 6 heteroatoms. The predicted molar refractivity (Wildman–Crippen MR) is 140 cm³/mol. The van der Waals surface area contributed by atoms with E-state index in [0.717, 1.165) is 27.8 Å². The van der Waals surface area contributed by atoms with Crippen molar-refractivity contribution < 1.29 is 9.09 Å². The average Bonchev–Trinajstić information content (AvgIpc) is 2.78. The first-order valence-electron chi connectivity index (χ1n) is 10.9. The SMILES string of the molecule is CC(C)CCO[P@](=O)(c1ccc(N(C)C)cc1)[C@H](Nc1ccccc1)c1ccc(Br)cc1. The molecule has 170 valence electrons. The summed E-state index contributed by atoms with van der Waals surface area (Å²) in [5.74, 6) is -0.0526. The number of para-hydroxylation sites is 1. The molecule has 0 aliphatic rings.